The van der Waals surface area contributed by atoms with E-state index in [1.165, 1.54) is 16.6 Å². The van der Waals surface area contributed by atoms with Crippen molar-refractivity contribution in [2.45, 2.75) is 79.4 Å². The van der Waals surface area contributed by atoms with Gasteiger partial charge in [0.1, 0.15) is 9.75 Å². The smallest absolute Gasteiger partial charge is 0.399 e. The van der Waals surface area contributed by atoms with Crippen LogP contribution in [0.1, 0.15) is 61.6 Å². The standard InChI is InChI=1S/C22H23BN4O3.C21H13F3N4OS.C16H11BrN4O.C5H2BrF3S.CH4.FH/c1-13-18(24-16-9-7-6-8-15(16)19(13)28)20-25-17-11-10-14(12-27(17)26-20)23-29-21(2,3)22(4,5)30-23;1-11-18(25-14-5-3-2-4-13(14)19(11)29)20-26-17-9-6-12(10-28(17)27-20)15-7-8-16(30-15)21(22,23)24;1-9-14(18-12-5-3-2-4-11(12)15(9)22)16-19-13-7-6-10(17)8-21(13)20-16;6-4-2-1-3(10-4)5(7,8)9;;/h6-12H,1-5H3,(H,24,28);2-10H,1H3,(H,25,29);2-8H,1H3,(H,18,22);1-2H;1H4;1H. The Morgan fingerprint density at radius 2 is 0.872 bits per heavy atom. The van der Waals surface area contributed by atoms with E-state index >= 15 is 0 Å². The van der Waals surface area contributed by atoms with Gasteiger partial charge in [0.25, 0.3) is 0 Å². The molecule has 482 valence electrons. The Labute approximate surface area is 554 Å². The van der Waals surface area contributed by atoms with Gasteiger partial charge in [-0.05, 0) is 171 Å². The summed E-state index contributed by atoms with van der Waals surface area (Å²) in [6, 6.07) is 38.0. The largest absolute Gasteiger partial charge is 0.496 e. The van der Waals surface area contributed by atoms with E-state index in [2.05, 4.69) is 77.1 Å². The van der Waals surface area contributed by atoms with Gasteiger partial charge in [0.2, 0.25) is 0 Å². The number of aromatic amines is 3. The Morgan fingerprint density at radius 3 is 1.28 bits per heavy atom. The summed E-state index contributed by atoms with van der Waals surface area (Å²) in [6.45, 7) is 13.4. The van der Waals surface area contributed by atoms with Crippen molar-refractivity contribution in [3.8, 4) is 45.0 Å². The first-order chi connectivity index (χ1) is 43.6. The minimum atomic E-state index is -4.37. The van der Waals surface area contributed by atoms with E-state index in [-0.39, 0.29) is 28.4 Å². The number of halogens is 9. The molecule has 0 radical (unpaired) electrons. The normalized spacial score (nSPS) is 13.5. The summed E-state index contributed by atoms with van der Waals surface area (Å²) in [5, 5.41) is 15.5. The van der Waals surface area contributed by atoms with Crippen LogP contribution in [0.2, 0.25) is 0 Å². The van der Waals surface area contributed by atoms with Gasteiger partial charge in [-0.25, -0.2) is 28.5 Å². The van der Waals surface area contributed by atoms with Crippen molar-refractivity contribution in [1.82, 2.24) is 58.7 Å². The number of hydrogen-bond acceptors (Lipinski definition) is 13. The second-order valence-electron chi connectivity index (χ2n) is 22.3. The van der Waals surface area contributed by atoms with Crippen LogP contribution in [-0.4, -0.2) is 77.1 Å². The quantitative estimate of drug-likeness (QED) is 0.109. The predicted octanol–water partition coefficient (Wildman–Crippen LogP) is 15.8. The second-order valence-corrected chi connectivity index (χ2v) is 26.8. The molecule has 1 saturated heterocycles. The molecule has 0 unspecified atom stereocenters. The number of alkyl halides is 6. The number of fused-ring (bicyclic) bond motifs is 6. The molecule has 0 saturated carbocycles. The van der Waals surface area contributed by atoms with E-state index in [1.807, 2.05) is 125 Å². The fourth-order valence-corrected chi connectivity index (χ4v) is 12.5. The summed E-state index contributed by atoms with van der Waals surface area (Å²) < 4.78 is 92.7. The molecule has 12 heterocycles. The average molecular weight is 1450 g/mol. The van der Waals surface area contributed by atoms with Gasteiger partial charge in [0, 0.05) is 88.4 Å². The number of pyridine rings is 6. The van der Waals surface area contributed by atoms with E-state index in [4.69, 9.17) is 9.31 Å². The van der Waals surface area contributed by atoms with Crippen LogP contribution in [0.25, 0.3) is 94.6 Å². The van der Waals surface area contributed by atoms with Crippen molar-refractivity contribution in [3.05, 3.63) is 217 Å². The summed E-state index contributed by atoms with van der Waals surface area (Å²) in [7, 11) is -0.478. The third-order valence-electron chi connectivity index (χ3n) is 15.6. The number of H-pyrrole nitrogens is 3. The first-order valence-corrected chi connectivity index (χ1v) is 31.3. The van der Waals surface area contributed by atoms with Gasteiger partial charge in [0.05, 0.1) is 32.1 Å². The molecule has 0 bridgehead atoms. The zero-order valence-electron chi connectivity index (χ0n) is 49.8. The number of para-hydroxylation sites is 3. The van der Waals surface area contributed by atoms with Gasteiger partial charge in [-0.3, -0.25) is 19.1 Å². The number of thiophene rings is 2. The fraction of sp³-hybridized carbons (Fsp3) is 0.185. The van der Waals surface area contributed by atoms with Crippen LogP contribution in [-0.2, 0) is 21.7 Å². The Hall–Kier alpha value is -9.00. The molecule has 0 spiro atoms. The Morgan fingerprint density at radius 1 is 0.489 bits per heavy atom. The highest BCUT2D eigenvalue weighted by Crippen LogP contribution is 2.40. The molecule has 1 fully saturated rings. The Balaban J connectivity index is 0.000000143. The van der Waals surface area contributed by atoms with Gasteiger partial charge < -0.3 is 24.3 Å². The van der Waals surface area contributed by atoms with Gasteiger partial charge in [0.15, 0.2) is 50.7 Å². The SMILES string of the molecule is C.Cc1c(-c2nc3ccc(-c4ccc(C(F)(F)F)s4)cn3n2)[nH]c2ccccc2c1=O.Cc1c(-c2nc3ccc(B4OC(C)(C)C(C)(C)O4)cn3n2)[nH]c2ccccc2c1=O.Cc1c(-c2nc3ccc(Br)cn3n2)[nH]c2ccccc2c1=O.F.FC(F)(F)c1ccc(Br)s1. The molecule has 3 aromatic carbocycles. The van der Waals surface area contributed by atoms with E-state index < -0.39 is 40.4 Å². The monoisotopic (exact) mass is 1450 g/mol. The topological polar surface area (TPSA) is 208 Å². The van der Waals surface area contributed by atoms with Crippen LogP contribution in [0, 0.1) is 20.8 Å². The molecular weight excluding hydrogens is 1400 g/mol. The molecular formula is C65H54BBr2F7N12O5S2. The van der Waals surface area contributed by atoms with Gasteiger partial charge >= 0.3 is 19.5 Å². The van der Waals surface area contributed by atoms with Gasteiger partial charge in [-0.2, -0.15) is 26.3 Å². The maximum atomic E-state index is 12.9. The van der Waals surface area contributed by atoms with Crippen LogP contribution >= 0.6 is 54.5 Å². The van der Waals surface area contributed by atoms with Crippen LogP contribution in [0.3, 0.4) is 0 Å². The van der Waals surface area contributed by atoms with Crippen molar-refractivity contribution in [2.75, 3.05) is 0 Å². The molecule has 0 atom stereocenters. The molecule has 11 aromatic heterocycles. The highest BCUT2D eigenvalue weighted by atomic mass is 79.9. The summed E-state index contributed by atoms with van der Waals surface area (Å²) in [5.74, 6) is 1.33. The minimum absolute atomic E-state index is 0. The van der Waals surface area contributed by atoms with Gasteiger partial charge in [-0.1, -0.05) is 49.9 Å². The lowest BCUT2D eigenvalue weighted by Crippen LogP contribution is -2.41. The minimum Gasteiger partial charge on any atom is -0.399 e. The maximum Gasteiger partial charge on any atom is 0.496 e. The lowest BCUT2D eigenvalue weighted by molar-refractivity contribution is -0.135. The number of benzene rings is 3. The molecule has 3 N–H and O–H groups in total. The van der Waals surface area contributed by atoms with Crippen LogP contribution in [0.5, 0.6) is 0 Å². The number of nitrogens with one attached hydrogen (secondary N) is 3. The first kappa shape index (κ1) is 67.9. The van der Waals surface area contributed by atoms with Crippen LogP contribution < -0.4 is 21.7 Å². The predicted molar refractivity (Wildman–Crippen MR) is 362 cm³/mol. The molecule has 94 heavy (non-hydrogen) atoms. The third kappa shape index (κ3) is 13.4. The zero-order chi connectivity index (χ0) is 65.3. The van der Waals surface area contributed by atoms with Gasteiger partial charge in [-0.15, -0.1) is 38.0 Å². The number of nitrogens with zero attached hydrogens (tertiary/aromatic N) is 9. The Kier molecular flexibility index (Phi) is 18.8. The summed E-state index contributed by atoms with van der Waals surface area (Å²) >= 11 is 7.72. The lowest BCUT2D eigenvalue weighted by atomic mass is 9.80. The second kappa shape index (κ2) is 26.1. The highest BCUT2D eigenvalue weighted by molar-refractivity contribution is 9.11. The molecule has 0 amide bonds. The molecule has 29 heteroatoms. The van der Waals surface area contributed by atoms with Crippen molar-refractivity contribution in [3.63, 3.8) is 0 Å². The third-order valence-corrected chi connectivity index (χ3v) is 19.0. The summed E-state index contributed by atoms with van der Waals surface area (Å²) in [6.07, 6.45) is -3.24. The number of hydrogen-bond donors (Lipinski definition) is 3. The molecule has 1 aliphatic heterocycles. The first-order valence-electron chi connectivity index (χ1n) is 28.1. The molecule has 15 rings (SSSR count). The lowest BCUT2D eigenvalue weighted by Gasteiger charge is -2.32. The van der Waals surface area contributed by atoms with E-state index in [1.54, 1.807) is 60.3 Å². The van der Waals surface area contributed by atoms with Crippen molar-refractivity contribution in [1.29, 1.82) is 0 Å². The molecule has 0 aliphatic carbocycles. The molecule has 14 aromatic rings. The average Bonchev–Trinajstić information content (AvgIpc) is 1.35. The van der Waals surface area contributed by atoms with E-state index in [0.29, 0.717) is 121 Å². The number of aromatic nitrogens is 12. The summed E-state index contributed by atoms with van der Waals surface area (Å²) in [5.41, 5.74) is 8.19. The Bertz CT molecular complexity index is 5370. The van der Waals surface area contributed by atoms with E-state index in [0.717, 1.165) is 38.7 Å². The fourth-order valence-electron chi connectivity index (χ4n) is 10.0. The summed E-state index contributed by atoms with van der Waals surface area (Å²) in [4.78, 5) is 60.6. The van der Waals surface area contributed by atoms with Crippen LogP contribution in [0.4, 0.5) is 31.0 Å². The zero-order valence-corrected chi connectivity index (χ0v) is 54.6. The van der Waals surface area contributed by atoms with Crippen molar-refractivity contribution in [2.24, 2.45) is 0 Å². The van der Waals surface area contributed by atoms with Crippen molar-refractivity contribution >= 4 is 117 Å². The maximum absolute atomic E-state index is 12.9. The molecule has 17 nitrogen and oxygen atoms in total. The van der Waals surface area contributed by atoms with Crippen molar-refractivity contribution < 1.29 is 40.4 Å². The van der Waals surface area contributed by atoms with E-state index in [9.17, 15) is 40.7 Å². The molecule has 1 aliphatic rings. The highest BCUT2D eigenvalue weighted by Gasteiger charge is 2.52. The van der Waals surface area contributed by atoms with Crippen LogP contribution in [0.15, 0.2) is 175 Å². The number of rotatable bonds is 5.